The van der Waals surface area contributed by atoms with Crippen LogP contribution in [0.3, 0.4) is 0 Å². The Morgan fingerprint density at radius 1 is 1.26 bits per heavy atom. The minimum atomic E-state index is -0.936. The number of anilines is 1. The molecule has 1 atom stereocenters. The van der Waals surface area contributed by atoms with Crippen LogP contribution in [0.5, 0.6) is 5.75 Å². The molecular weight excluding hydrogens is 316 g/mol. The number of aryl methyl sites for hydroxylation is 2. The summed E-state index contributed by atoms with van der Waals surface area (Å²) >= 11 is 1.25. The predicted octanol–water partition coefficient (Wildman–Crippen LogP) is 2.95. The highest BCUT2D eigenvalue weighted by Gasteiger charge is 2.22. The minimum absolute atomic E-state index is 0.416. The highest BCUT2D eigenvalue weighted by atomic mass is 32.1. The van der Waals surface area contributed by atoms with E-state index in [2.05, 4.69) is 10.3 Å². The van der Waals surface area contributed by atoms with Crippen molar-refractivity contribution in [1.82, 2.24) is 4.98 Å². The van der Waals surface area contributed by atoms with Gasteiger partial charge in [-0.1, -0.05) is 12.1 Å². The number of hydrogen-bond donors (Lipinski definition) is 1. The fraction of sp³-hybridized carbons (Fsp3) is 0.312. The Morgan fingerprint density at radius 3 is 2.57 bits per heavy atom. The lowest BCUT2D eigenvalue weighted by Crippen LogP contribution is -2.30. The lowest BCUT2D eigenvalue weighted by molar-refractivity contribution is -0.123. The maximum absolute atomic E-state index is 12.2. The third-order valence-corrected chi connectivity index (χ3v) is 4.16. The molecule has 0 spiro atoms. The standard InChI is InChI=1S/C16H18N2O4S/c1-9-14(23-11(3)17-9)16(20)22-10(2)15(19)18-12-7-5-6-8-13(12)21-4/h5-8,10H,1-4H3,(H,18,19). The van der Waals surface area contributed by atoms with Crippen LogP contribution in [0, 0.1) is 13.8 Å². The zero-order valence-corrected chi connectivity index (χ0v) is 14.2. The molecule has 1 heterocycles. The van der Waals surface area contributed by atoms with Crippen molar-refractivity contribution in [1.29, 1.82) is 0 Å². The van der Waals surface area contributed by atoms with Crippen molar-refractivity contribution in [3.63, 3.8) is 0 Å². The summed E-state index contributed by atoms with van der Waals surface area (Å²) in [5, 5.41) is 3.46. The Balaban J connectivity index is 2.02. The smallest absolute Gasteiger partial charge is 0.351 e. The molecule has 1 unspecified atom stereocenters. The van der Waals surface area contributed by atoms with Gasteiger partial charge in [0, 0.05) is 0 Å². The Labute approximate surface area is 138 Å². The van der Waals surface area contributed by atoms with Crippen LogP contribution >= 0.6 is 11.3 Å². The van der Waals surface area contributed by atoms with Crippen LogP contribution in [0.15, 0.2) is 24.3 Å². The SMILES string of the molecule is COc1ccccc1NC(=O)C(C)OC(=O)c1sc(C)nc1C. The van der Waals surface area contributed by atoms with E-state index in [1.54, 1.807) is 31.2 Å². The van der Waals surface area contributed by atoms with E-state index in [1.165, 1.54) is 25.4 Å². The molecule has 0 aliphatic rings. The number of nitrogens with one attached hydrogen (secondary N) is 1. The van der Waals surface area contributed by atoms with Crippen molar-refractivity contribution < 1.29 is 19.1 Å². The number of para-hydroxylation sites is 2. The normalized spacial score (nSPS) is 11.7. The van der Waals surface area contributed by atoms with E-state index < -0.39 is 18.0 Å². The van der Waals surface area contributed by atoms with Crippen LogP contribution < -0.4 is 10.1 Å². The van der Waals surface area contributed by atoms with Crippen LogP contribution in [0.4, 0.5) is 5.69 Å². The summed E-state index contributed by atoms with van der Waals surface area (Å²) in [4.78, 5) is 28.9. The summed E-state index contributed by atoms with van der Waals surface area (Å²) in [7, 11) is 1.52. The van der Waals surface area contributed by atoms with Crippen LogP contribution in [0.1, 0.15) is 27.3 Å². The molecule has 1 aromatic carbocycles. The van der Waals surface area contributed by atoms with Crippen molar-refractivity contribution in [3.05, 3.63) is 39.8 Å². The zero-order chi connectivity index (χ0) is 17.0. The van der Waals surface area contributed by atoms with Crippen molar-refractivity contribution in [2.24, 2.45) is 0 Å². The van der Waals surface area contributed by atoms with E-state index in [1.807, 2.05) is 6.92 Å². The largest absolute Gasteiger partial charge is 0.495 e. The van der Waals surface area contributed by atoms with Gasteiger partial charge in [0.2, 0.25) is 0 Å². The fourth-order valence-electron chi connectivity index (χ4n) is 1.97. The van der Waals surface area contributed by atoms with Crippen LogP contribution in [-0.4, -0.2) is 30.1 Å². The number of hydrogen-bond acceptors (Lipinski definition) is 6. The second kappa shape index (κ2) is 7.23. The lowest BCUT2D eigenvalue weighted by atomic mass is 10.2. The van der Waals surface area contributed by atoms with Gasteiger partial charge in [-0.3, -0.25) is 4.79 Å². The molecular formula is C16H18N2O4S. The van der Waals surface area contributed by atoms with Gasteiger partial charge < -0.3 is 14.8 Å². The van der Waals surface area contributed by atoms with Crippen LogP contribution in [0.2, 0.25) is 0 Å². The van der Waals surface area contributed by atoms with Crippen molar-refractivity contribution in [2.45, 2.75) is 26.9 Å². The molecule has 122 valence electrons. The van der Waals surface area contributed by atoms with E-state index in [0.717, 1.165) is 5.01 Å². The Morgan fingerprint density at radius 2 is 1.96 bits per heavy atom. The number of rotatable bonds is 5. The second-order valence-corrected chi connectivity index (χ2v) is 6.09. The Bertz CT molecular complexity index is 727. The van der Waals surface area contributed by atoms with Crippen molar-refractivity contribution >= 4 is 28.9 Å². The number of carbonyl (C=O) groups excluding carboxylic acids is 2. The number of methoxy groups -OCH3 is 1. The minimum Gasteiger partial charge on any atom is -0.495 e. The molecule has 6 nitrogen and oxygen atoms in total. The first-order valence-electron chi connectivity index (χ1n) is 7.01. The molecule has 0 saturated carbocycles. The van der Waals surface area contributed by atoms with E-state index in [0.29, 0.717) is 22.0 Å². The van der Waals surface area contributed by atoms with Gasteiger partial charge in [-0.25, -0.2) is 9.78 Å². The molecule has 0 fully saturated rings. The second-order valence-electron chi connectivity index (χ2n) is 4.88. The fourth-order valence-corrected chi connectivity index (χ4v) is 2.77. The summed E-state index contributed by atoms with van der Waals surface area (Å²) < 4.78 is 10.4. The number of carbonyl (C=O) groups is 2. The van der Waals surface area contributed by atoms with E-state index in [-0.39, 0.29) is 0 Å². The van der Waals surface area contributed by atoms with Gasteiger partial charge in [-0.2, -0.15) is 0 Å². The van der Waals surface area contributed by atoms with Crippen LogP contribution in [0.25, 0.3) is 0 Å². The monoisotopic (exact) mass is 334 g/mol. The third-order valence-electron chi connectivity index (χ3n) is 3.11. The number of aromatic nitrogens is 1. The quantitative estimate of drug-likeness (QED) is 0.851. The van der Waals surface area contributed by atoms with Gasteiger partial charge in [0.25, 0.3) is 5.91 Å². The first-order chi connectivity index (χ1) is 10.9. The van der Waals surface area contributed by atoms with Crippen molar-refractivity contribution in [3.8, 4) is 5.75 Å². The molecule has 1 N–H and O–H groups in total. The molecule has 0 radical (unpaired) electrons. The topological polar surface area (TPSA) is 77.5 Å². The van der Waals surface area contributed by atoms with Gasteiger partial charge >= 0.3 is 5.97 Å². The molecule has 7 heteroatoms. The zero-order valence-electron chi connectivity index (χ0n) is 13.4. The van der Waals surface area contributed by atoms with E-state index >= 15 is 0 Å². The first-order valence-corrected chi connectivity index (χ1v) is 7.83. The number of nitrogens with zero attached hydrogens (tertiary/aromatic N) is 1. The van der Waals surface area contributed by atoms with E-state index in [4.69, 9.17) is 9.47 Å². The molecule has 1 aromatic heterocycles. The van der Waals surface area contributed by atoms with Gasteiger partial charge in [-0.15, -0.1) is 11.3 Å². The average molecular weight is 334 g/mol. The third kappa shape index (κ3) is 4.07. The summed E-state index contributed by atoms with van der Waals surface area (Å²) in [5.41, 5.74) is 1.13. The van der Waals surface area contributed by atoms with Crippen LogP contribution in [-0.2, 0) is 9.53 Å². The molecule has 0 aliphatic heterocycles. The molecule has 0 saturated heterocycles. The van der Waals surface area contributed by atoms with Gasteiger partial charge in [-0.05, 0) is 32.9 Å². The number of thiazole rings is 1. The number of amides is 1. The van der Waals surface area contributed by atoms with Crippen molar-refractivity contribution in [2.75, 3.05) is 12.4 Å². The number of esters is 1. The Hall–Kier alpha value is -2.41. The molecule has 23 heavy (non-hydrogen) atoms. The summed E-state index contributed by atoms with van der Waals surface area (Å²) in [5.74, 6) is -0.439. The molecule has 2 rings (SSSR count). The van der Waals surface area contributed by atoms with Gasteiger partial charge in [0.1, 0.15) is 10.6 Å². The maximum atomic E-state index is 12.2. The average Bonchev–Trinajstić information content (AvgIpc) is 2.86. The highest BCUT2D eigenvalue weighted by molar-refractivity contribution is 7.13. The maximum Gasteiger partial charge on any atom is 0.351 e. The van der Waals surface area contributed by atoms with Gasteiger partial charge in [0.05, 0.1) is 23.5 Å². The van der Waals surface area contributed by atoms with Gasteiger partial charge in [0.15, 0.2) is 6.10 Å². The summed E-state index contributed by atoms with van der Waals surface area (Å²) in [6.45, 7) is 5.07. The first kappa shape index (κ1) is 17.0. The number of benzene rings is 1. The lowest BCUT2D eigenvalue weighted by Gasteiger charge is -2.14. The highest BCUT2D eigenvalue weighted by Crippen LogP contribution is 2.23. The summed E-state index contributed by atoms with van der Waals surface area (Å²) in [6.07, 6.45) is -0.936. The Kier molecular flexibility index (Phi) is 5.33. The molecule has 2 aromatic rings. The summed E-state index contributed by atoms with van der Waals surface area (Å²) in [6, 6.07) is 7.02. The predicted molar refractivity (Wildman–Crippen MR) is 88.1 cm³/mol. The molecule has 0 aliphatic carbocycles. The van der Waals surface area contributed by atoms with E-state index in [9.17, 15) is 9.59 Å². The number of ether oxygens (including phenoxy) is 2. The molecule has 1 amide bonds. The molecule has 0 bridgehead atoms.